The zero-order valence-corrected chi connectivity index (χ0v) is 20.3. The van der Waals surface area contributed by atoms with Crippen molar-refractivity contribution >= 4 is 45.3 Å². The van der Waals surface area contributed by atoms with Gasteiger partial charge >= 0.3 is 5.97 Å². The van der Waals surface area contributed by atoms with Crippen LogP contribution in [0.15, 0.2) is 42.5 Å². The fraction of sp³-hybridized carbons (Fsp3) is 0.478. The monoisotopic (exact) mass is 507 g/mol. The van der Waals surface area contributed by atoms with Crippen LogP contribution in [-0.2, 0) is 35.4 Å². The van der Waals surface area contributed by atoms with Gasteiger partial charge in [0.15, 0.2) is 0 Å². The Kier molecular flexibility index (Phi) is 10.8. The van der Waals surface area contributed by atoms with Crippen molar-refractivity contribution in [3.8, 4) is 0 Å². The molecule has 11 heteroatoms. The molecule has 1 aromatic rings. The van der Waals surface area contributed by atoms with Gasteiger partial charge in [0.05, 0.1) is 12.8 Å². The Bertz CT molecular complexity index is 883. The maximum atomic E-state index is 13.2. The summed E-state index contributed by atoms with van der Waals surface area (Å²) in [5, 5.41) is 8.34. The molecule has 2 bridgehead atoms. The quantitative estimate of drug-likeness (QED) is 0.314. The average molecular weight is 508 g/mol. The third-order valence-corrected chi connectivity index (χ3v) is 7.56. The van der Waals surface area contributed by atoms with E-state index in [-0.39, 0.29) is 31.7 Å². The van der Waals surface area contributed by atoms with Gasteiger partial charge in [-0.2, -0.15) is 4.89 Å². The Morgan fingerprint density at radius 2 is 1.82 bits per heavy atom. The van der Waals surface area contributed by atoms with Gasteiger partial charge in [-0.1, -0.05) is 64.1 Å². The van der Waals surface area contributed by atoms with Gasteiger partial charge in [0, 0.05) is 24.5 Å². The lowest BCUT2D eigenvalue weighted by atomic mass is 10.0. The molecule has 2 heterocycles. The highest BCUT2D eigenvalue weighted by Gasteiger charge is 2.28. The average Bonchev–Trinajstić information content (AvgIpc) is 2.82. The van der Waals surface area contributed by atoms with Crippen LogP contribution >= 0.6 is 21.6 Å². The molecule has 1 aromatic carbocycles. The van der Waals surface area contributed by atoms with Crippen molar-refractivity contribution in [2.75, 3.05) is 18.1 Å². The molecule has 0 aromatic heterocycles. The van der Waals surface area contributed by atoms with E-state index < -0.39 is 36.0 Å². The third kappa shape index (κ3) is 9.03. The van der Waals surface area contributed by atoms with Crippen LogP contribution in [0.5, 0.6) is 0 Å². The Hall–Kier alpha value is -2.50. The van der Waals surface area contributed by atoms with Crippen molar-refractivity contribution in [3.63, 3.8) is 0 Å². The van der Waals surface area contributed by atoms with Crippen LogP contribution in [0.2, 0.25) is 0 Å². The highest BCUT2D eigenvalue weighted by Crippen LogP contribution is 2.23. The van der Waals surface area contributed by atoms with E-state index in [1.165, 1.54) is 10.8 Å². The Morgan fingerprint density at radius 3 is 2.65 bits per heavy atom. The lowest BCUT2D eigenvalue weighted by molar-refractivity contribution is -0.288. The van der Waals surface area contributed by atoms with E-state index in [1.54, 1.807) is 16.9 Å². The summed E-state index contributed by atoms with van der Waals surface area (Å²) in [5.74, 6) is -0.669. The summed E-state index contributed by atoms with van der Waals surface area (Å²) in [7, 11) is 3.09. The van der Waals surface area contributed by atoms with Crippen LogP contribution in [0, 0.1) is 0 Å². The number of carbonyl (C=O) groups excluding carboxylic acids is 4. The smallest absolute Gasteiger partial charge is 0.342 e. The largest absolute Gasteiger partial charge is 0.354 e. The topological polar surface area (TPSA) is 123 Å². The van der Waals surface area contributed by atoms with Crippen molar-refractivity contribution in [3.05, 3.63) is 48.0 Å². The zero-order valence-electron chi connectivity index (χ0n) is 18.7. The molecule has 0 unspecified atom stereocenters. The third-order valence-electron chi connectivity index (χ3n) is 5.11. The highest BCUT2D eigenvalue weighted by molar-refractivity contribution is 8.76. The standard InChI is InChI=1S/C23H29N3O6S2/c27-20-14-17-9-4-5-12-33-34-15-19(22(29)24-11-6-10-21(28)32-31-17)26-23(30)18(25-20)13-16-7-2-1-3-8-16/h1-4,7-9,17-19H,5-6,10-15H2,(H,24,29)(H,25,27)(H,26,30)/t17-,18-,19-/m1/s1. The molecule has 2 aliphatic rings. The van der Waals surface area contributed by atoms with Gasteiger partial charge in [-0.3, -0.25) is 19.3 Å². The number of carbonyl (C=O) groups is 4. The fourth-order valence-electron chi connectivity index (χ4n) is 3.35. The van der Waals surface area contributed by atoms with E-state index in [4.69, 9.17) is 9.78 Å². The summed E-state index contributed by atoms with van der Waals surface area (Å²) >= 11 is 0. The van der Waals surface area contributed by atoms with Crippen molar-refractivity contribution in [2.45, 2.75) is 50.3 Å². The fourth-order valence-corrected chi connectivity index (χ4v) is 5.50. The molecular weight excluding hydrogens is 478 g/mol. The number of allylic oxidation sites excluding steroid dienone is 1. The molecule has 1 fully saturated rings. The Labute approximate surface area is 206 Å². The van der Waals surface area contributed by atoms with Gasteiger partial charge in [0.2, 0.25) is 17.7 Å². The van der Waals surface area contributed by atoms with Crippen molar-refractivity contribution < 1.29 is 29.0 Å². The number of hydrogen-bond donors (Lipinski definition) is 3. The molecule has 9 nitrogen and oxygen atoms in total. The first-order valence-electron chi connectivity index (χ1n) is 11.2. The van der Waals surface area contributed by atoms with E-state index in [0.717, 1.165) is 11.3 Å². The molecule has 184 valence electrons. The van der Waals surface area contributed by atoms with Gasteiger partial charge in [-0.25, -0.2) is 4.79 Å². The number of hydrogen-bond acceptors (Lipinski definition) is 8. The van der Waals surface area contributed by atoms with Gasteiger partial charge in [-0.15, -0.1) is 0 Å². The molecule has 3 atom stereocenters. The summed E-state index contributed by atoms with van der Waals surface area (Å²) in [4.78, 5) is 61.0. The van der Waals surface area contributed by atoms with Crippen LogP contribution in [-0.4, -0.2) is 59.9 Å². The molecule has 0 saturated carbocycles. The van der Waals surface area contributed by atoms with Crippen molar-refractivity contribution in [1.82, 2.24) is 16.0 Å². The first-order valence-corrected chi connectivity index (χ1v) is 13.7. The van der Waals surface area contributed by atoms with Crippen LogP contribution in [0.4, 0.5) is 0 Å². The second-order valence-corrected chi connectivity index (χ2v) is 10.5. The lowest BCUT2D eigenvalue weighted by Gasteiger charge is -2.24. The van der Waals surface area contributed by atoms with E-state index in [9.17, 15) is 19.2 Å². The summed E-state index contributed by atoms with van der Waals surface area (Å²) in [6.45, 7) is 0.256. The van der Waals surface area contributed by atoms with Gasteiger partial charge in [0.25, 0.3) is 0 Å². The molecule has 1 saturated heterocycles. The SMILES string of the molecule is O=C1C[C@H]2C=CCCSSC[C@@H](NC(=O)[C@@H](Cc3ccccc3)N1)C(=O)NCCCC(=O)OO2. The van der Waals surface area contributed by atoms with Crippen LogP contribution in [0.3, 0.4) is 0 Å². The summed E-state index contributed by atoms with van der Waals surface area (Å²) in [6, 6.07) is 7.63. The van der Waals surface area contributed by atoms with Crippen molar-refractivity contribution in [2.24, 2.45) is 0 Å². The first-order chi connectivity index (χ1) is 16.5. The molecule has 0 aliphatic carbocycles. The van der Waals surface area contributed by atoms with Crippen molar-refractivity contribution in [1.29, 1.82) is 0 Å². The zero-order chi connectivity index (χ0) is 24.2. The summed E-state index contributed by atoms with van der Waals surface area (Å²) < 4.78 is 0. The van der Waals surface area contributed by atoms with Crippen LogP contribution < -0.4 is 16.0 Å². The maximum absolute atomic E-state index is 13.2. The van der Waals surface area contributed by atoms with E-state index in [2.05, 4.69) is 16.0 Å². The molecule has 3 amide bonds. The second kappa shape index (κ2) is 14.0. The second-order valence-electron chi connectivity index (χ2n) is 7.88. The van der Waals surface area contributed by atoms with Gasteiger partial charge in [0.1, 0.15) is 18.2 Å². The molecule has 2 aliphatic heterocycles. The molecular formula is C23H29N3O6S2. The maximum Gasteiger partial charge on any atom is 0.342 e. The number of fused-ring (bicyclic) bond motifs is 7. The predicted molar refractivity (Wildman–Crippen MR) is 131 cm³/mol. The van der Waals surface area contributed by atoms with Crippen LogP contribution in [0.1, 0.15) is 31.2 Å². The molecule has 0 radical (unpaired) electrons. The minimum atomic E-state index is -0.895. The molecule has 0 spiro atoms. The molecule has 3 N–H and O–H groups in total. The Balaban J connectivity index is 1.88. The number of amides is 3. The number of rotatable bonds is 2. The number of nitrogens with one attached hydrogen (secondary N) is 3. The summed E-state index contributed by atoms with van der Waals surface area (Å²) in [6.07, 6.45) is 4.00. The normalized spacial score (nSPS) is 25.9. The van der Waals surface area contributed by atoms with E-state index in [1.807, 2.05) is 36.4 Å². The van der Waals surface area contributed by atoms with E-state index >= 15 is 0 Å². The lowest BCUT2D eigenvalue weighted by Crippen LogP contribution is -2.55. The first kappa shape index (κ1) is 26.1. The van der Waals surface area contributed by atoms with E-state index in [0.29, 0.717) is 18.6 Å². The van der Waals surface area contributed by atoms with Gasteiger partial charge < -0.3 is 16.0 Å². The highest BCUT2D eigenvalue weighted by atomic mass is 33.1. The molecule has 34 heavy (non-hydrogen) atoms. The summed E-state index contributed by atoms with van der Waals surface area (Å²) in [5.41, 5.74) is 0.864. The predicted octanol–water partition coefficient (Wildman–Crippen LogP) is 1.68. The number of benzene rings is 1. The minimum Gasteiger partial charge on any atom is -0.354 e. The van der Waals surface area contributed by atoms with Gasteiger partial charge in [-0.05, 0) is 18.4 Å². The molecule has 3 rings (SSSR count). The van der Waals surface area contributed by atoms with Crippen LogP contribution in [0.25, 0.3) is 0 Å². The Morgan fingerprint density at radius 1 is 1.00 bits per heavy atom. The minimum absolute atomic E-state index is 0.0453.